The number of para-hydroxylation sites is 1. The Labute approximate surface area is 157 Å². The number of hydrogen-bond donors (Lipinski definition) is 1. The van der Waals surface area contributed by atoms with Gasteiger partial charge in [-0.15, -0.1) is 16.8 Å². The summed E-state index contributed by atoms with van der Waals surface area (Å²) in [5.41, 5.74) is 7.77. The molecule has 0 unspecified atom stereocenters. The average molecular weight is 366 g/mol. The smallest absolute Gasteiger partial charge is 0.191 e. The van der Waals surface area contributed by atoms with Gasteiger partial charge in [0.25, 0.3) is 0 Å². The van der Waals surface area contributed by atoms with Gasteiger partial charge in [-0.3, -0.25) is 4.57 Å². The average Bonchev–Trinajstić information content (AvgIpc) is 3.07. The summed E-state index contributed by atoms with van der Waals surface area (Å²) < 4.78 is 8.10. The molecule has 0 aliphatic rings. The van der Waals surface area contributed by atoms with Crippen LogP contribution in [0.15, 0.2) is 72.4 Å². The van der Waals surface area contributed by atoms with Crippen molar-refractivity contribution in [3.63, 3.8) is 0 Å². The Morgan fingerprint density at radius 1 is 1.08 bits per heavy atom. The van der Waals surface area contributed by atoms with Crippen LogP contribution < -0.4 is 10.5 Å². The Bertz CT molecular complexity index is 848. The predicted molar refractivity (Wildman–Crippen MR) is 106 cm³/mol. The van der Waals surface area contributed by atoms with Crippen LogP contribution in [-0.2, 0) is 13.2 Å². The van der Waals surface area contributed by atoms with E-state index in [0.717, 1.165) is 33.6 Å². The van der Waals surface area contributed by atoms with E-state index in [1.54, 1.807) is 11.8 Å². The summed E-state index contributed by atoms with van der Waals surface area (Å²) in [6, 6.07) is 18.2. The van der Waals surface area contributed by atoms with Gasteiger partial charge in [0.05, 0.1) is 0 Å². The molecule has 3 aromatic rings. The first-order valence-corrected chi connectivity index (χ1v) is 9.45. The molecule has 0 fully saturated rings. The number of nitrogens with zero attached hydrogens (tertiary/aromatic N) is 3. The third-order valence-corrected chi connectivity index (χ3v) is 4.78. The Morgan fingerprint density at radius 3 is 2.62 bits per heavy atom. The second-order valence-electron chi connectivity index (χ2n) is 5.59. The van der Waals surface area contributed by atoms with Crippen LogP contribution in [-0.4, -0.2) is 27.1 Å². The van der Waals surface area contributed by atoms with Crippen LogP contribution in [0.25, 0.3) is 11.1 Å². The van der Waals surface area contributed by atoms with E-state index in [2.05, 4.69) is 35.0 Å². The fraction of sp³-hybridized carbons (Fsp3) is 0.200. The summed E-state index contributed by atoms with van der Waals surface area (Å²) >= 11 is 1.59. The van der Waals surface area contributed by atoms with E-state index >= 15 is 0 Å². The van der Waals surface area contributed by atoms with E-state index in [1.165, 1.54) is 0 Å². The van der Waals surface area contributed by atoms with Gasteiger partial charge in [-0.25, -0.2) is 0 Å². The predicted octanol–water partition coefficient (Wildman–Crippen LogP) is 3.76. The highest BCUT2D eigenvalue weighted by Crippen LogP contribution is 2.30. The molecule has 0 bridgehead atoms. The van der Waals surface area contributed by atoms with Crippen LogP contribution in [0.3, 0.4) is 0 Å². The first-order chi connectivity index (χ1) is 12.8. The lowest BCUT2D eigenvalue weighted by Gasteiger charge is -2.12. The zero-order valence-corrected chi connectivity index (χ0v) is 15.4. The highest BCUT2D eigenvalue weighted by molar-refractivity contribution is 7.99. The Balaban J connectivity index is 1.80. The second-order valence-corrected chi connectivity index (χ2v) is 6.65. The molecule has 0 amide bonds. The Hall–Kier alpha value is -2.57. The standard InChI is InChI=1S/C20H22N4OS/c1-2-13-24-19(22-23-20(24)26-14-12-21)15-25-18-11-7-6-10-17(18)16-8-4-3-5-9-16/h2-11H,1,12-15,21H2. The number of ether oxygens (including phenoxy) is 1. The fourth-order valence-corrected chi connectivity index (χ4v) is 3.32. The van der Waals surface area contributed by atoms with Crippen molar-refractivity contribution in [3.8, 4) is 16.9 Å². The van der Waals surface area contributed by atoms with E-state index in [9.17, 15) is 0 Å². The van der Waals surface area contributed by atoms with E-state index < -0.39 is 0 Å². The highest BCUT2D eigenvalue weighted by atomic mass is 32.2. The van der Waals surface area contributed by atoms with Gasteiger partial charge in [0.1, 0.15) is 12.4 Å². The van der Waals surface area contributed by atoms with Crippen molar-refractivity contribution in [3.05, 3.63) is 73.1 Å². The lowest BCUT2D eigenvalue weighted by molar-refractivity contribution is 0.290. The summed E-state index contributed by atoms with van der Waals surface area (Å²) in [7, 11) is 0. The normalized spacial score (nSPS) is 10.7. The first-order valence-electron chi connectivity index (χ1n) is 8.46. The highest BCUT2D eigenvalue weighted by Gasteiger charge is 2.13. The molecule has 0 aliphatic heterocycles. The summed E-state index contributed by atoms with van der Waals surface area (Å²) in [4.78, 5) is 0. The number of benzene rings is 2. The summed E-state index contributed by atoms with van der Waals surface area (Å²) in [5.74, 6) is 2.39. The molecule has 2 N–H and O–H groups in total. The van der Waals surface area contributed by atoms with Gasteiger partial charge in [-0.2, -0.15) is 0 Å². The minimum absolute atomic E-state index is 0.341. The van der Waals surface area contributed by atoms with Gasteiger partial charge in [0.15, 0.2) is 11.0 Å². The van der Waals surface area contributed by atoms with Crippen molar-refractivity contribution in [2.24, 2.45) is 5.73 Å². The monoisotopic (exact) mass is 366 g/mol. The zero-order chi connectivity index (χ0) is 18.2. The van der Waals surface area contributed by atoms with E-state index in [-0.39, 0.29) is 0 Å². The molecule has 6 heteroatoms. The van der Waals surface area contributed by atoms with Crippen molar-refractivity contribution >= 4 is 11.8 Å². The Morgan fingerprint density at radius 2 is 1.85 bits per heavy atom. The molecule has 3 rings (SSSR count). The summed E-state index contributed by atoms with van der Waals surface area (Å²) in [6.07, 6.45) is 1.83. The lowest BCUT2D eigenvalue weighted by Crippen LogP contribution is -2.09. The van der Waals surface area contributed by atoms with Crippen molar-refractivity contribution < 1.29 is 4.74 Å². The van der Waals surface area contributed by atoms with E-state index in [0.29, 0.717) is 19.7 Å². The molecule has 26 heavy (non-hydrogen) atoms. The van der Waals surface area contributed by atoms with Crippen molar-refractivity contribution in [1.29, 1.82) is 0 Å². The molecule has 1 heterocycles. The van der Waals surface area contributed by atoms with E-state index in [4.69, 9.17) is 10.5 Å². The maximum atomic E-state index is 6.09. The molecule has 5 nitrogen and oxygen atoms in total. The zero-order valence-electron chi connectivity index (χ0n) is 14.5. The molecule has 2 aromatic carbocycles. The first kappa shape index (κ1) is 18.2. The molecule has 0 aliphatic carbocycles. The van der Waals surface area contributed by atoms with Crippen LogP contribution in [0, 0.1) is 0 Å². The summed E-state index contributed by atoms with van der Waals surface area (Å²) in [5, 5.41) is 9.38. The second kappa shape index (κ2) is 9.22. The Kier molecular flexibility index (Phi) is 6.46. The molecule has 1 aromatic heterocycles. The number of thioether (sulfide) groups is 1. The molecule has 0 radical (unpaired) electrons. The molecule has 0 saturated carbocycles. The number of nitrogens with two attached hydrogens (primary N) is 1. The van der Waals surface area contributed by atoms with Crippen LogP contribution in [0.2, 0.25) is 0 Å². The SMILES string of the molecule is C=CCn1c(COc2ccccc2-c2ccccc2)nnc1SCCN. The molecular formula is C20H22N4OS. The minimum Gasteiger partial charge on any atom is -0.485 e. The van der Waals surface area contributed by atoms with Gasteiger partial charge < -0.3 is 10.5 Å². The fourth-order valence-electron chi connectivity index (χ4n) is 2.59. The van der Waals surface area contributed by atoms with Gasteiger partial charge in [0, 0.05) is 24.4 Å². The number of allylic oxidation sites excluding steroid dienone is 1. The molecule has 0 spiro atoms. The van der Waals surface area contributed by atoms with Crippen LogP contribution in [0.4, 0.5) is 0 Å². The number of rotatable bonds is 9. The number of aromatic nitrogens is 3. The van der Waals surface area contributed by atoms with Gasteiger partial charge in [0.2, 0.25) is 0 Å². The molecule has 0 saturated heterocycles. The van der Waals surface area contributed by atoms with Gasteiger partial charge in [-0.05, 0) is 11.6 Å². The maximum Gasteiger partial charge on any atom is 0.191 e. The molecule has 0 atom stereocenters. The van der Waals surface area contributed by atoms with Crippen molar-refractivity contribution in [2.45, 2.75) is 18.3 Å². The third kappa shape index (κ3) is 4.33. The van der Waals surface area contributed by atoms with Crippen molar-refractivity contribution in [2.75, 3.05) is 12.3 Å². The van der Waals surface area contributed by atoms with Gasteiger partial charge in [-0.1, -0.05) is 66.4 Å². The van der Waals surface area contributed by atoms with Crippen molar-refractivity contribution in [1.82, 2.24) is 14.8 Å². The molecular weight excluding hydrogens is 344 g/mol. The third-order valence-electron chi connectivity index (χ3n) is 3.78. The van der Waals surface area contributed by atoms with Crippen LogP contribution in [0.1, 0.15) is 5.82 Å². The largest absolute Gasteiger partial charge is 0.485 e. The lowest BCUT2D eigenvalue weighted by atomic mass is 10.1. The van der Waals surface area contributed by atoms with Crippen LogP contribution in [0.5, 0.6) is 5.75 Å². The molecule has 134 valence electrons. The summed E-state index contributed by atoms with van der Waals surface area (Å²) in [6.45, 7) is 5.40. The minimum atomic E-state index is 0.341. The topological polar surface area (TPSA) is 66.0 Å². The van der Waals surface area contributed by atoms with E-state index in [1.807, 2.05) is 47.0 Å². The maximum absolute atomic E-state index is 6.09. The van der Waals surface area contributed by atoms with Gasteiger partial charge >= 0.3 is 0 Å². The quantitative estimate of drug-likeness (QED) is 0.461. The number of hydrogen-bond acceptors (Lipinski definition) is 5. The van der Waals surface area contributed by atoms with Crippen LogP contribution >= 0.6 is 11.8 Å².